The third-order valence-corrected chi connectivity index (χ3v) is 3.43. The van der Waals surface area contributed by atoms with E-state index in [2.05, 4.69) is 10.1 Å². The third-order valence-electron chi connectivity index (χ3n) is 3.12. The Bertz CT molecular complexity index is 483. The lowest BCUT2D eigenvalue weighted by atomic mass is 10.1. The highest BCUT2D eigenvalue weighted by atomic mass is 35.5. The number of anilines is 1. The van der Waals surface area contributed by atoms with Crippen LogP contribution in [0.5, 0.6) is 0 Å². The van der Waals surface area contributed by atoms with Crippen LogP contribution in [0.3, 0.4) is 0 Å². The van der Waals surface area contributed by atoms with Crippen molar-refractivity contribution in [2.75, 3.05) is 18.0 Å². The summed E-state index contributed by atoms with van der Waals surface area (Å²) in [6.07, 6.45) is 0.255. The van der Waals surface area contributed by atoms with E-state index in [0.29, 0.717) is 10.6 Å². The molecule has 2 rings (SSSR count). The fraction of sp³-hybridized carbons (Fsp3) is 0.462. The summed E-state index contributed by atoms with van der Waals surface area (Å²) in [6.45, 7) is 5.54. The number of nitrogens with zero attached hydrogens (tertiary/aromatic N) is 2. The zero-order valence-corrected chi connectivity index (χ0v) is 11.8. The van der Waals surface area contributed by atoms with Gasteiger partial charge >= 0.3 is 0 Å². The van der Waals surface area contributed by atoms with Crippen LogP contribution >= 0.6 is 11.6 Å². The van der Waals surface area contributed by atoms with Gasteiger partial charge in [0.05, 0.1) is 22.8 Å². The summed E-state index contributed by atoms with van der Waals surface area (Å²) in [7, 11) is 0. The van der Waals surface area contributed by atoms with E-state index in [1.165, 1.54) is 0 Å². The monoisotopic (exact) mass is 283 g/mol. The van der Waals surface area contributed by atoms with E-state index in [0.717, 1.165) is 18.8 Å². The van der Waals surface area contributed by atoms with Crippen molar-refractivity contribution in [3.05, 3.63) is 28.8 Å². The molecule has 0 bridgehead atoms. The van der Waals surface area contributed by atoms with Crippen molar-refractivity contribution in [3.63, 3.8) is 0 Å². The molecule has 0 aliphatic carbocycles. The van der Waals surface area contributed by atoms with Gasteiger partial charge in [0, 0.05) is 18.8 Å². The number of hydrogen-bond donors (Lipinski definition) is 2. The summed E-state index contributed by atoms with van der Waals surface area (Å²) >= 11 is 6.17. The van der Waals surface area contributed by atoms with Gasteiger partial charge in [-0.3, -0.25) is 0 Å². The lowest BCUT2D eigenvalue weighted by Crippen LogP contribution is -2.46. The van der Waals surface area contributed by atoms with E-state index < -0.39 is 0 Å². The average molecular weight is 284 g/mol. The van der Waals surface area contributed by atoms with Crippen molar-refractivity contribution in [3.8, 4) is 0 Å². The Morgan fingerprint density at radius 1 is 1.42 bits per heavy atom. The summed E-state index contributed by atoms with van der Waals surface area (Å²) in [5.74, 6) is 0.0207. The summed E-state index contributed by atoms with van der Waals surface area (Å²) in [6, 6.07) is 5.51. The number of morpholine rings is 1. The van der Waals surface area contributed by atoms with E-state index in [9.17, 15) is 0 Å². The SMILES string of the molecule is CC1CN(c2cccc(Cl)c2C(N)=NO)CC(C)O1. The first-order valence-electron chi connectivity index (χ1n) is 6.19. The van der Waals surface area contributed by atoms with Gasteiger partial charge in [-0.2, -0.15) is 0 Å². The number of halogens is 1. The molecule has 0 spiro atoms. The van der Waals surface area contributed by atoms with E-state index in [1.807, 2.05) is 26.0 Å². The van der Waals surface area contributed by atoms with Crippen LogP contribution in [-0.4, -0.2) is 36.3 Å². The van der Waals surface area contributed by atoms with Crippen molar-refractivity contribution in [1.82, 2.24) is 0 Å². The molecule has 1 fully saturated rings. The molecule has 1 saturated heterocycles. The number of ether oxygens (including phenoxy) is 1. The number of amidine groups is 1. The first-order chi connectivity index (χ1) is 9.02. The number of oxime groups is 1. The predicted octanol–water partition coefficient (Wildman–Crippen LogP) is 2.05. The second kappa shape index (κ2) is 5.67. The first-order valence-corrected chi connectivity index (χ1v) is 6.57. The Balaban J connectivity index is 2.41. The van der Waals surface area contributed by atoms with E-state index >= 15 is 0 Å². The summed E-state index contributed by atoms with van der Waals surface area (Å²) < 4.78 is 5.71. The summed E-state index contributed by atoms with van der Waals surface area (Å²) in [4.78, 5) is 2.15. The maximum Gasteiger partial charge on any atom is 0.173 e. The lowest BCUT2D eigenvalue weighted by molar-refractivity contribution is -0.00522. The molecule has 1 aliphatic heterocycles. The van der Waals surface area contributed by atoms with Gasteiger partial charge < -0.3 is 20.6 Å². The van der Waals surface area contributed by atoms with Gasteiger partial charge in [-0.25, -0.2) is 0 Å². The van der Waals surface area contributed by atoms with Crippen LogP contribution in [0.25, 0.3) is 0 Å². The lowest BCUT2D eigenvalue weighted by Gasteiger charge is -2.37. The molecule has 19 heavy (non-hydrogen) atoms. The van der Waals surface area contributed by atoms with Crippen LogP contribution in [0.15, 0.2) is 23.4 Å². The minimum Gasteiger partial charge on any atom is -0.409 e. The van der Waals surface area contributed by atoms with Crippen LogP contribution in [0.2, 0.25) is 5.02 Å². The van der Waals surface area contributed by atoms with Gasteiger partial charge in [0.25, 0.3) is 0 Å². The van der Waals surface area contributed by atoms with Crippen molar-refractivity contribution in [2.45, 2.75) is 26.1 Å². The molecule has 1 aromatic carbocycles. The third kappa shape index (κ3) is 2.93. The number of nitrogens with two attached hydrogens (primary N) is 1. The molecule has 0 aromatic heterocycles. The van der Waals surface area contributed by atoms with Crippen LogP contribution in [0.1, 0.15) is 19.4 Å². The van der Waals surface area contributed by atoms with Gasteiger partial charge in [-0.15, -0.1) is 0 Å². The van der Waals surface area contributed by atoms with Crippen molar-refractivity contribution >= 4 is 23.1 Å². The second-order valence-electron chi connectivity index (χ2n) is 4.78. The number of benzene rings is 1. The summed E-state index contributed by atoms with van der Waals surface area (Å²) in [5, 5.41) is 12.4. The molecule has 0 radical (unpaired) electrons. The standard InChI is InChI=1S/C13H18ClN3O2/c1-8-6-17(7-9(2)19-8)11-5-3-4-10(14)12(11)13(15)16-18/h3-5,8-9,18H,6-7H2,1-2H3,(H2,15,16). The Hall–Kier alpha value is -1.46. The molecule has 0 amide bonds. The fourth-order valence-corrected chi connectivity index (χ4v) is 2.72. The first kappa shape index (κ1) is 14.0. The van der Waals surface area contributed by atoms with E-state index in [4.69, 9.17) is 27.3 Å². The Morgan fingerprint density at radius 2 is 2.05 bits per heavy atom. The molecular weight excluding hydrogens is 266 g/mol. The van der Waals surface area contributed by atoms with Crippen molar-refractivity contribution in [2.24, 2.45) is 10.9 Å². The zero-order chi connectivity index (χ0) is 14.0. The van der Waals surface area contributed by atoms with Crippen LogP contribution in [-0.2, 0) is 4.74 Å². The highest BCUT2D eigenvalue weighted by Crippen LogP contribution is 2.29. The molecule has 1 aliphatic rings. The van der Waals surface area contributed by atoms with Gasteiger partial charge in [-0.1, -0.05) is 22.8 Å². The molecule has 2 unspecified atom stereocenters. The minimum atomic E-state index is 0.0207. The molecular formula is C13H18ClN3O2. The Kier molecular flexibility index (Phi) is 4.17. The smallest absolute Gasteiger partial charge is 0.173 e. The van der Waals surface area contributed by atoms with Gasteiger partial charge in [0.2, 0.25) is 0 Å². The largest absolute Gasteiger partial charge is 0.409 e. The van der Waals surface area contributed by atoms with Crippen molar-refractivity contribution < 1.29 is 9.94 Å². The van der Waals surface area contributed by atoms with Gasteiger partial charge in [0.1, 0.15) is 0 Å². The minimum absolute atomic E-state index is 0.0207. The molecule has 6 heteroatoms. The number of hydrogen-bond acceptors (Lipinski definition) is 4. The average Bonchev–Trinajstić information content (AvgIpc) is 2.36. The topological polar surface area (TPSA) is 71.1 Å². The van der Waals surface area contributed by atoms with Gasteiger partial charge in [-0.05, 0) is 26.0 Å². The summed E-state index contributed by atoms with van der Waals surface area (Å²) in [5.41, 5.74) is 7.16. The van der Waals surface area contributed by atoms with E-state index in [1.54, 1.807) is 6.07 Å². The molecule has 0 saturated carbocycles. The van der Waals surface area contributed by atoms with Crippen LogP contribution < -0.4 is 10.6 Å². The highest BCUT2D eigenvalue weighted by Gasteiger charge is 2.25. The van der Waals surface area contributed by atoms with Crippen molar-refractivity contribution in [1.29, 1.82) is 0 Å². The molecule has 1 heterocycles. The maximum absolute atomic E-state index is 8.90. The quantitative estimate of drug-likeness (QED) is 0.377. The predicted molar refractivity (Wildman–Crippen MR) is 76.2 cm³/mol. The Morgan fingerprint density at radius 3 is 2.63 bits per heavy atom. The molecule has 2 atom stereocenters. The normalized spacial score (nSPS) is 24.6. The Labute approximate surface area is 117 Å². The second-order valence-corrected chi connectivity index (χ2v) is 5.19. The zero-order valence-electron chi connectivity index (χ0n) is 11.0. The highest BCUT2D eigenvalue weighted by molar-refractivity contribution is 6.34. The molecule has 104 valence electrons. The van der Waals surface area contributed by atoms with Gasteiger partial charge in [0.15, 0.2) is 5.84 Å². The molecule has 3 N–H and O–H groups in total. The fourth-order valence-electron chi connectivity index (χ4n) is 2.45. The molecule has 1 aromatic rings. The number of rotatable bonds is 2. The van der Waals surface area contributed by atoms with E-state index in [-0.39, 0.29) is 18.0 Å². The maximum atomic E-state index is 8.90. The van der Waals surface area contributed by atoms with Crippen LogP contribution in [0, 0.1) is 0 Å². The molecule has 5 nitrogen and oxygen atoms in total. The van der Waals surface area contributed by atoms with Crippen LogP contribution in [0.4, 0.5) is 5.69 Å².